The fourth-order valence-corrected chi connectivity index (χ4v) is 2.44. The number of hydrogen-bond donors (Lipinski definition) is 2. The number of nitrogens with one attached hydrogen (secondary N) is 1. The van der Waals surface area contributed by atoms with Crippen molar-refractivity contribution in [2.24, 2.45) is 5.14 Å². The van der Waals surface area contributed by atoms with Crippen molar-refractivity contribution in [1.29, 1.82) is 0 Å². The maximum absolute atomic E-state index is 11.5. The molecular formula is C11H15ClN2O3S. The minimum absolute atomic E-state index is 0.0117. The molecule has 0 aromatic heterocycles. The van der Waals surface area contributed by atoms with Crippen LogP contribution in [0.25, 0.3) is 0 Å². The maximum Gasteiger partial charge on any atom is 0.238 e. The molecule has 0 aliphatic heterocycles. The molecular weight excluding hydrogens is 276 g/mol. The van der Waals surface area contributed by atoms with Crippen LogP contribution in [0, 0.1) is 6.92 Å². The Hall–Kier alpha value is -1.11. The summed E-state index contributed by atoms with van der Waals surface area (Å²) in [5.74, 6) is 0.203. The summed E-state index contributed by atoms with van der Waals surface area (Å²) in [6.07, 6.45) is 0.865. The number of hydrogen-bond acceptors (Lipinski definition) is 3. The van der Waals surface area contributed by atoms with E-state index in [-0.39, 0.29) is 10.8 Å². The Morgan fingerprint density at radius 1 is 1.44 bits per heavy atom. The average molecular weight is 291 g/mol. The van der Waals surface area contributed by atoms with E-state index in [1.807, 2.05) is 0 Å². The third-order valence-corrected chi connectivity index (χ3v) is 3.72. The van der Waals surface area contributed by atoms with E-state index in [0.717, 1.165) is 0 Å². The second-order valence-electron chi connectivity index (χ2n) is 3.81. The molecule has 0 heterocycles. The molecule has 1 aromatic rings. The predicted octanol–water partition coefficient (Wildman–Crippen LogP) is 1.60. The van der Waals surface area contributed by atoms with Gasteiger partial charge < -0.3 is 5.32 Å². The summed E-state index contributed by atoms with van der Waals surface area (Å²) < 4.78 is 22.6. The van der Waals surface area contributed by atoms with Crippen LogP contribution in [0.15, 0.2) is 23.1 Å². The van der Waals surface area contributed by atoms with Crippen LogP contribution in [-0.2, 0) is 14.8 Å². The van der Waals surface area contributed by atoms with E-state index in [9.17, 15) is 13.2 Å². The first-order valence-corrected chi connectivity index (χ1v) is 7.42. The number of rotatable bonds is 5. The summed E-state index contributed by atoms with van der Waals surface area (Å²) in [4.78, 5) is 11.5. The van der Waals surface area contributed by atoms with Crippen molar-refractivity contribution < 1.29 is 13.2 Å². The monoisotopic (exact) mass is 290 g/mol. The normalized spacial score (nSPS) is 11.3. The molecule has 18 heavy (non-hydrogen) atoms. The van der Waals surface area contributed by atoms with E-state index in [4.69, 9.17) is 16.7 Å². The molecule has 1 aromatic carbocycles. The lowest BCUT2D eigenvalue weighted by Crippen LogP contribution is -2.16. The van der Waals surface area contributed by atoms with Crippen molar-refractivity contribution in [1.82, 2.24) is 0 Å². The van der Waals surface area contributed by atoms with Gasteiger partial charge in [0.15, 0.2) is 0 Å². The first-order valence-electron chi connectivity index (χ1n) is 5.34. The van der Waals surface area contributed by atoms with E-state index >= 15 is 0 Å². The summed E-state index contributed by atoms with van der Waals surface area (Å²) in [6, 6.07) is 4.56. The number of alkyl halides is 1. The lowest BCUT2D eigenvalue weighted by Gasteiger charge is -2.11. The number of carbonyl (C=O) groups is 1. The van der Waals surface area contributed by atoms with Gasteiger partial charge in [-0.05, 0) is 31.0 Å². The Balaban J connectivity index is 2.95. The van der Waals surface area contributed by atoms with Gasteiger partial charge in [-0.3, -0.25) is 4.79 Å². The van der Waals surface area contributed by atoms with Crippen molar-refractivity contribution in [3.05, 3.63) is 23.8 Å². The van der Waals surface area contributed by atoms with Crippen LogP contribution in [0.1, 0.15) is 18.4 Å². The van der Waals surface area contributed by atoms with Gasteiger partial charge in [-0.15, -0.1) is 11.6 Å². The van der Waals surface area contributed by atoms with Gasteiger partial charge in [0.1, 0.15) is 0 Å². The zero-order chi connectivity index (χ0) is 13.8. The second-order valence-corrected chi connectivity index (χ2v) is 5.72. The number of amides is 1. The van der Waals surface area contributed by atoms with Gasteiger partial charge in [0.25, 0.3) is 0 Å². The topological polar surface area (TPSA) is 89.3 Å². The molecule has 0 bridgehead atoms. The van der Waals surface area contributed by atoms with Gasteiger partial charge in [0.2, 0.25) is 15.9 Å². The molecule has 0 spiro atoms. The highest BCUT2D eigenvalue weighted by atomic mass is 35.5. The number of halogens is 1. The molecule has 1 rings (SSSR count). The molecule has 0 atom stereocenters. The van der Waals surface area contributed by atoms with Crippen molar-refractivity contribution in [3.63, 3.8) is 0 Å². The molecule has 5 nitrogen and oxygen atoms in total. The van der Waals surface area contributed by atoms with Crippen LogP contribution in [0.2, 0.25) is 0 Å². The van der Waals surface area contributed by atoms with E-state index in [1.165, 1.54) is 12.1 Å². The molecule has 0 radical (unpaired) electrons. The summed E-state index contributed by atoms with van der Waals surface area (Å²) in [5.41, 5.74) is 0.875. The Morgan fingerprint density at radius 2 is 2.11 bits per heavy atom. The van der Waals surface area contributed by atoms with Crippen LogP contribution in [0.5, 0.6) is 0 Å². The molecule has 7 heteroatoms. The minimum Gasteiger partial charge on any atom is -0.326 e. The molecule has 0 saturated heterocycles. The van der Waals surface area contributed by atoms with E-state index in [1.54, 1.807) is 13.0 Å². The van der Waals surface area contributed by atoms with Gasteiger partial charge in [0.05, 0.1) is 4.90 Å². The van der Waals surface area contributed by atoms with Gasteiger partial charge in [-0.1, -0.05) is 6.07 Å². The molecule has 0 aliphatic carbocycles. The van der Waals surface area contributed by atoms with E-state index < -0.39 is 10.0 Å². The van der Waals surface area contributed by atoms with Crippen LogP contribution in [0.4, 0.5) is 5.69 Å². The van der Waals surface area contributed by atoms with Crippen LogP contribution >= 0.6 is 11.6 Å². The first kappa shape index (κ1) is 14.9. The van der Waals surface area contributed by atoms with Crippen molar-refractivity contribution in [2.45, 2.75) is 24.7 Å². The minimum atomic E-state index is -3.78. The predicted molar refractivity (Wildman–Crippen MR) is 71.1 cm³/mol. The van der Waals surface area contributed by atoms with Gasteiger partial charge in [0, 0.05) is 18.0 Å². The lowest BCUT2D eigenvalue weighted by molar-refractivity contribution is -0.116. The summed E-state index contributed by atoms with van der Waals surface area (Å²) in [7, 11) is -3.78. The van der Waals surface area contributed by atoms with Crippen molar-refractivity contribution >= 4 is 33.2 Å². The fraction of sp³-hybridized carbons (Fsp3) is 0.364. The van der Waals surface area contributed by atoms with Crippen molar-refractivity contribution in [2.75, 3.05) is 11.2 Å². The number of anilines is 1. The summed E-state index contributed by atoms with van der Waals surface area (Å²) in [6.45, 7) is 1.59. The molecule has 1 amide bonds. The standard InChI is InChI=1S/C11H15ClN2O3S/c1-8-9(14-11(15)6-3-7-12)4-2-5-10(8)18(13,16)17/h2,4-5H,3,6-7H2,1H3,(H,14,15)(H2,13,16,17). The number of sulfonamides is 1. The molecule has 0 aliphatic rings. The Bertz CT molecular complexity index is 543. The number of benzene rings is 1. The number of carbonyl (C=O) groups excluding carboxylic acids is 1. The van der Waals surface area contributed by atoms with Gasteiger partial charge >= 0.3 is 0 Å². The number of nitrogens with two attached hydrogens (primary N) is 1. The van der Waals surface area contributed by atoms with Gasteiger partial charge in [-0.25, -0.2) is 13.6 Å². The second kappa shape index (κ2) is 6.17. The summed E-state index contributed by atoms with van der Waals surface area (Å²) in [5, 5.41) is 7.72. The molecule has 0 fully saturated rings. The quantitative estimate of drug-likeness (QED) is 0.807. The van der Waals surface area contributed by atoms with Crippen LogP contribution < -0.4 is 10.5 Å². The Kier molecular flexibility index (Phi) is 5.13. The third kappa shape index (κ3) is 3.97. The van der Waals surface area contributed by atoms with Crippen LogP contribution in [-0.4, -0.2) is 20.2 Å². The number of primary sulfonamides is 1. The Morgan fingerprint density at radius 3 is 2.67 bits per heavy atom. The maximum atomic E-state index is 11.5. The summed E-state index contributed by atoms with van der Waals surface area (Å²) >= 11 is 5.49. The largest absolute Gasteiger partial charge is 0.326 e. The average Bonchev–Trinajstić information content (AvgIpc) is 2.27. The highest BCUT2D eigenvalue weighted by Gasteiger charge is 2.14. The highest BCUT2D eigenvalue weighted by molar-refractivity contribution is 7.89. The molecule has 0 unspecified atom stereocenters. The van der Waals surface area contributed by atoms with E-state index in [2.05, 4.69) is 5.32 Å². The third-order valence-electron chi connectivity index (χ3n) is 2.40. The highest BCUT2D eigenvalue weighted by Crippen LogP contribution is 2.22. The zero-order valence-corrected chi connectivity index (χ0v) is 11.5. The van der Waals surface area contributed by atoms with E-state index in [0.29, 0.717) is 30.0 Å². The molecule has 3 N–H and O–H groups in total. The first-order chi connectivity index (χ1) is 8.36. The van der Waals surface area contributed by atoms with Gasteiger partial charge in [-0.2, -0.15) is 0 Å². The molecule has 0 saturated carbocycles. The fourth-order valence-electron chi connectivity index (χ4n) is 1.50. The lowest BCUT2D eigenvalue weighted by atomic mass is 10.2. The van der Waals surface area contributed by atoms with Crippen molar-refractivity contribution in [3.8, 4) is 0 Å². The zero-order valence-electron chi connectivity index (χ0n) is 9.94. The smallest absolute Gasteiger partial charge is 0.238 e. The Labute approximate surface area is 111 Å². The molecule has 100 valence electrons. The SMILES string of the molecule is Cc1c(NC(=O)CCCCl)cccc1S(N)(=O)=O. The van der Waals surface area contributed by atoms with Crippen LogP contribution in [0.3, 0.4) is 0 Å².